The summed E-state index contributed by atoms with van der Waals surface area (Å²) in [7, 11) is 0. The average Bonchev–Trinajstić information content (AvgIpc) is 3.01. The summed E-state index contributed by atoms with van der Waals surface area (Å²) >= 11 is 0. The van der Waals surface area contributed by atoms with Gasteiger partial charge in [0.05, 0.1) is 11.3 Å². The largest absolute Gasteiger partial charge is 0.367 e. The number of hydrogen-bond acceptors (Lipinski definition) is 4. The third kappa shape index (κ3) is 3.81. The van der Waals surface area contributed by atoms with E-state index in [-0.39, 0.29) is 5.97 Å². The number of carbonyl (C=O) groups excluding carboxylic acids is 2. The highest BCUT2D eigenvalue weighted by molar-refractivity contribution is 5.83. The highest BCUT2D eigenvalue weighted by Gasteiger charge is 2.41. The van der Waals surface area contributed by atoms with Crippen LogP contribution < -0.4 is 0 Å². The normalized spacial score (nSPS) is 17.3. The van der Waals surface area contributed by atoms with Crippen LogP contribution >= 0.6 is 0 Å². The van der Waals surface area contributed by atoms with Gasteiger partial charge in [0.25, 0.3) is 0 Å². The second-order valence-corrected chi connectivity index (χ2v) is 7.13. The van der Waals surface area contributed by atoms with Crippen LogP contribution in [0.25, 0.3) is 0 Å². The Hall–Kier alpha value is -1.68. The van der Waals surface area contributed by atoms with Gasteiger partial charge < -0.3 is 9.63 Å². The van der Waals surface area contributed by atoms with Crippen molar-refractivity contribution in [3.8, 4) is 0 Å². The van der Waals surface area contributed by atoms with E-state index in [9.17, 15) is 9.59 Å². The van der Waals surface area contributed by atoms with E-state index >= 15 is 0 Å². The van der Waals surface area contributed by atoms with Crippen molar-refractivity contribution < 1.29 is 14.4 Å². The van der Waals surface area contributed by atoms with Crippen molar-refractivity contribution in [2.24, 2.45) is 5.41 Å². The molecule has 4 heteroatoms. The van der Waals surface area contributed by atoms with Crippen molar-refractivity contribution in [2.45, 2.75) is 52.4 Å². The lowest BCUT2D eigenvalue weighted by molar-refractivity contribution is -0.197. The second kappa shape index (κ2) is 7.26. The minimum Gasteiger partial charge on any atom is -0.367 e. The Morgan fingerprint density at radius 1 is 1.17 bits per heavy atom. The summed E-state index contributed by atoms with van der Waals surface area (Å²) in [6.07, 6.45) is 2.97. The van der Waals surface area contributed by atoms with Gasteiger partial charge in [-0.1, -0.05) is 38.1 Å². The van der Waals surface area contributed by atoms with Gasteiger partial charge in [0, 0.05) is 13.1 Å². The lowest BCUT2D eigenvalue weighted by Crippen LogP contribution is -2.38. The average molecular weight is 317 g/mol. The Morgan fingerprint density at radius 3 is 2.26 bits per heavy atom. The molecule has 0 N–H and O–H groups in total. The van der Waals surface area contributed by atoms with Crippen molar-refractivity contribution in [3.63, 3.8) is 0 Å². The zero-order chi connectivity index (χ0) is 17.0. The first-order valence-corrected chi connectivity index (χ1v) is 8.39. The maximum atomic E-state index is 12.7. The molecule has 0 radical (unpaired) electrons. The number of hydrogen-bond donors (Lipinski definition) is 0. The lowest BCUT2D eigenvalue weighted by Gasteiger charge is -2.31. The highest BCUT2D eigenvalue weighted by Crippen LogP contribution is 2.39. The van der Waals surface area contributed by atoms with Gasteiger partial charge in [-0.3, -0.25) is 0 Å². The molecule has 1 saturated heterocycles. The molecule has 1 unspecified atom stereocenters. The van der Waals surface area contributed by atoms with Crippen molar-refractivity contribution in [2.75, 3.05) is 13.1 Å². The fraction of sp³-hybridized carbons (Fsp3) is 0.579. The molecule has 2 rings (SSSR count). The number of aldehydes is 1. The molecule has 1 atom stereocenters. The molecule has 1 aromatic carbocycles. The van der Waals surface area contributed by atoms with Crippen LogP contribution in [0.3, 0.4) is 0 Å². The fourth-order valence-electron chi connectivity index (χ4n) is 3.09. The highest BCUT2D eigenvalue weighted by atomic mass is 16.7. The quantitative estimate of drug-likeness (QED) is 0.751. The number of nitrogens with zero attached hydrogens (tertiary/aromatic N) is 1. The Balaban J connectivity index is 2.27. The first kappa shape index (κ1) is 17.7. The molecular weight excluding hydrogens is 290 g/mol. The molecular formula is C19H27NO3. The molecule has 23 heavy (non-hydrogen) atoms. The van der Waals surface area contributed by atoms with Gasteiger partial charge in [-0.15, -0.1) is 5.06 Å². The molecule has 1 aliphatic heterocycles. The van der Waals surface area contributed by atoms with Crippen molar-refractivity contribution >= 4 is 12.3 Å². The Labute approximate surface area is 138 Å². The second-order valence-electron chi connectivity index (χ2n) is 7.13. The molecule has 1 heterocycles. The van der Waals surface area contributed by atoms with Crippen molar-refractivity contribution in [3.05, 3.63) is 35.4 Å². The van der Waals surface area contributed by atoms with Gasteiger partial charge >= 0.3 is 5.97 Å². The maximum absolute atomic E-state index is 12.7. The molecule has 0 aliphatic carbocycles. The topological polar surface area (TPSA) is 46.6 Å². The molecule has 126 valence electrons. The first-order chi connectivity index (χ1) is 10.9. The van der Waals surface area contributed by atoms with E-state index in [0.717, 1.165) is 43.3 Å². The monoisotopic (exact) mass is 317 g/mol. The van der Waals surface area contributed by atoms with Crippen LogP contribution in [0.5, 0.6) is 0 Å². The van der Waals surface area contributed by atoms with Crippen molar-refractivity contribution in [1.29, 1.82) is 0 Å². The maximum Gasteiger partial charge on any atom is 0.331 e. The van der Waals surface area contributed by atoms with Gasteiger partial charge in [-0.25, -0.2) is 4.79 Å². The lowest BCUT2D eigenvalue weighted by atomic mass is 9.73. The molecule has 4 nitrogen and oxygen atoms in total. The minimum absolute atomic E-state index is 0.291. The molecule has 0 spiro atoms. The fourth-order valence-corrected chi connectivity index (χ4v) is 3.09. The summed E-state index contributed by atoms with van der Waals surface area (Å²) in [5.41, 5.74) is 1.11. The van der Waals surface area contributed by atoms with Crippen LogP contribution in [0.4, 0.5) is 0 Å². The van der Waals surface area contributed by atoms with Gasteiger partial charge in [-0.2, -0.15) is 0 Å². The zero-order valence-electron chi connectivity index (χ0n) is 14.5. The predicted molar refractivity (Wildman–Crippen MR) is 90.0 cm³/mol. The van der Waals surface area contributed by atoms with E-state index in [1.165, 1.54) is 0 Å². The zero-order valence-corrected chi connectivity index (χ0v) is 14.5. The SMILES string of the molecule is CC(C)c1ccccc1C(C=O)C(C)(C)C(=O)ON1CCCC1. The van der Waals surface area contributed by atoms with E-state index in [2.05, 4.69) is 13.8 Å². The Kier molecular flexibility index (Phi) is 5.58. The molecule has 1 fully saturated rings. The summed E-state index contributed by atoms with van der Waals surface area (Å²) in [5, 5.41) is 1.71. The van der Waals surface area contributed by atoms with Crippen LogP contribution in [-0.2, 0) is 14.4 Å². The van der Waals surface area contributed by atoms with E-state index in [4.69, 9.17) is 4.84 Å². The minimum atomic E-state index is -0.907. The van der Waals surface area contributed by atoms with Gasteiger partial charge in [0.1, 0.15) is 6.29 Å². The summed E-state index contributed by atoms with van der Waals surface area (Å²) in [4.78, 5) is 30.0. The van der Waals surface area contributed by atoms with E-state index < -0.39 is 11.3 Å². The van der Waals surface area contributed by atoms with E-state index in [1.807, 2.05) is 24.3 Å². The van der Waals surface area contributed by atoms with Gasteiger partial charge in [-0.05, 0) is 43.7 Å². The van der Waals surface area contributed by atoms with E-state index in [0.29, 0.717) is 5.92 Å². The molecule has 0 aromatic heterocycles. The number of benzene rings is 1. The van der Waals surface area contributed by atoms with Crippen LogP contribution in [-0.4, -0.2) is 30.4 Å². The van der Waals surface area contributed by atoms with Crippen LogP contribution in [0.15, 0.2) is 24.3 Å². The van der Waals surface area contributed by atoms with Crippen LogP contribution in [0.2, 0.25) is 0 Å². The summed E-state index contributed by atoms with van der Waals surface area (Å²) in [6.45, 7) is 9.32. The molecule has 1 aliphatic rings. The van der Waals surface area contributed by atoms with Crippen molar-refractivity contribution in [1.82, 2.24) is 5.06 Å². The molecule has 0 bridgehead atoms. The Morgan fingerprint density at radius 2 is 1.74 bits per heavy atom. The Bertz CT molecular complexity index is 559. The van der Waals surface area contributed by atoms with Gasteiger partial charge in [0.2, 0.25) is 0 Å². The summed E-state index contributed by atoms with van der Waals surface area (Å²) < 4.78 is 0. The molecule has 0 amide bonds. The van der Waals surface area contributed by atoms with Gasteiger partial charge in [0.15, 0.2) is 0 Å². The third-order valence-corrected chi connectivity index (χ3v) is 4.67. The summed E-state index contributed by atoms with van der Waals surface area (Å²) in [6, 6.07) is 7.85. The van der Waals surface area contributed by atoms with Crippen LogP contribution in [0, 0.1) is 5.41 Å². The van der Waals surface area contributed by atoms with Crippen LogP contribution in [0.1, 0.15) is 63.5 Å². The molecule has 0 saturated carbocycles. The molecule has 1 aromatic rings. The smallest absolute Gasteiger partial charge is 0.331 e. The number of rotatable bonds is 6. The first-order valence-electron chi connectivity index (χ1n) is 8.39. The number of carbonyl (C=O) groups is 2. The third-order valence-electron chi connectivity index (χ3n) is 4.67. The number of hydroxylamine groups is 2. The predicted octanol–water partition coefficient (Wildman–Crippen LogP) is 3.67. The van der Waals surface area contributed by atoms with E-state index in [1.54, 1.807) is 18.9 Å². The standard InChI is InChI=1S/C19H27NO3/c1-14(2)15-9-5-6-10-16(15)17(13-21)19(3,4)18(22)23-20-11-7-8-12-20/h5-6,9-10,13-14,17H,7-8,11-12H2,1-4H3. The summed E-state index contributed by atoms with van der Waals surface area (Å²) in [5.74, 6) is -0.565.